The first-order chi connectivity index (χ1) is 12.6. The number of hydrogen-bond acceptors (Lipinski definition) is 2. The molecule has 2 nitrogen and oxygen atoms in total. The van der Waals surface area contributed by atoms with E-state index in [4.69, 9.17) is 0 Å². The van der Waals surface area contributed by atoms with Crippen LogP contribution in [0.15, 0.2) is 54.6 Å². The molecule has 3 aromatic carbocycles. The van der Waals surface area contributed by atoms with Gasteiger partial charge in [0.05, 0.1) is 0 Å². The molecule has 0 radical (unpaired) electrons. The zero-order chi connectivity index (χ0) is 19.8. The smallest absolute Gasteiger partial charge is 0.124 e. The Hall–Kier alpha value is -2.48. The van der Waals surface area contributed by atoms with E-state index in [-0.39, 0.29) is 10.8 Å². The summed E-state index contributed by atoms with van der Waals surface area (Å²) in [5, 5.41) is 16.9. The molecule has 27 heavy (non-hydrogen) atoms. The van der Waals surface area contributed by atoms with Crippen molar-refractivity contribution >= 4 is 16.5 Å². The molecule has 0 heterocycles. The number of anilines is 1. The van der Waals surface area contributed by atoms with E-state index < -0.39 is 0 Å². The highest BCUT2D eigenvalue weighted by Gasteiger charge is 2.24. The second-order valence-corrected chi connectivity index (χ2v) is 9.41. The number of benzene rings is 3. The normalized spacial score (nSPS) is 12.4. The number of rotatable bonds is 3. The third kappa shape index (κ3) is 4.10. The van der Waals surface area contributed by atoms with Gasteiger partial charge in [-0.05, 0) is 39.5 Å². The van der Waals surface area contributed by atoms with E-state index in [9.17, 15) is 5.11 Å². The molecular formula is C25H31NO. The van der Waals surface area contributed by atoms with Crippen LogP contribution in [0.2, 0.25) is 0 Å². The summed E-state index contributed by atoms with van der Waals surface area (Å²) in [6.07, 6.45) is 0. The highest BCUT2D eigenvalue weighted by Crippen LogP contribution is 2.38. The summed E-state index contributed by atoms with van der Waals surface area (Å²) in [6, 6.07) is 19.0. The Balaban J connectivity index is 2.01. The molecule has 3 aromatic rings. The molecule has 2 heteroatoms. The van der Waals surface area contributed by atoms with Crippen LogP contribution in [-0.2, 0) is 17.4 Å². The van der Waals surface area contributed by atoms with Crippen molar-refractivity contribution in [3.05, 3.63) is 71.3 Å². The van der Waals surface area contributed by atoms with Crippen molar-refractivity contribution in [3.63, 3.8) is 0 Å². The zero-order valence-corrected chi connectivity index (χ0v) is 17.4. The Morgan fingerprint density at radius 1 is 0.815 bits per heavy atom. The van der Waals surface area contributed by atoms with Gasteiger partial charge in [0.1, 0.15) is 5.75 Å². The first kappa shape index (κ1) is 19.3. The maximum Gasteiger partial charge on any atom is 0.124 e. The van der Waals surface area contributed by atoms with Crippen LogP contribution < -0.4 is 5.32 Å². The summed E-state index contributed by atoms with van der Waals surface area (Å²) in [5.41, 5.74) is 4.21. The first-order valence-corrected chi connectivity index (χ1v) is 9.66. The van der Waals surface area contributed by atoms with Crippen molar-refractivity contribution in [2.24, 2.45) is 0 Å². The topological polar surface area (TPSA) is 32.3 Å². The molecule has 0 saturated heterocycles. The monoisotopic (exact) mass is 361 g/mol. The largest absolute Gasteiger partial charge is 0.507 e. The second kappa shape index (κ2) is 6.92. The van der Waals surface area contributed by atoms with Gasteiger partial charge in [0.15, 0.2) is 0 Å². The number of phenols is 1. The maximum atomic E-state index is 11.0. The van der Waals surface area contributed by atoms with Gasteiger partial charge in [-0.25, -0.2) is 0 Å². The predicted molar refractivity (Wildman–Crippen MR) is 117 cm³/mol. The van der Waals surface area contributed by atoms with Gasteiger partial charge in [-0.1, -0.05) is 84.0 Å². The van der Waals surface area contributed by atoms with Gasteiger partial charge in [-0.3, -0.25) is 0 Å². The molecule has 0 unspecified atom stereocenters. The van der Waals surface area contributed by atoms with Crippen LogP contribution in [0.1, 0.15) is 58.2 Å². The fourth-order valence-corrected chi connectivity index (χ4v) is 3.40. The van der Waals surface area contributed by atoms with E-state index in [1.807, 2.05) is 0 Å². The van der Waals surface area contributed by atoms with Gasteiger partial charge in [0.2, 0.25) is 0 Å². The number of phenolic OH excluding ortho intramolecular Hbond substituents is 1. The standard InChI is InChI=1S/C25H31NO/c1-24(2,3)19-14-18(23(27)21(15-19)25(4,5)6)16-26-22-13-9-11-17-10-7-8-12-20(17)22/h7-15,26-27H,16H2,1-6H3. The fraction of sp³-hybridized carbons (Fsp3) is 0.360. The molecule has 2 N–H and O–H groups in total. The van der Waals surface area contributed by atoms with Crippen LogP contribution in [0.4, 0.5) is 5.69 Å². The van der Waals surface area contributed by atoms with Crippen LogP contribution in [0.3, 0.4) is 0 Å². The minimum atomic E-state index is -0.112. The highest BCUT2D eigenvalue weighted by molar-refractivity contribution is 5.93. The Morgan fingerprint density at radius 3 is 2.15 bits per heavy atom. The van der Waals surface area contributed by atoms with Gasteiger partial charge < -0.3 is 10.4 Å². The van der Waals surface area contributed by atoms with Crippen molar-refractivity contribution in [1.29, 1.82) is 0 Å². The number of fused-ring (bicyclic) bond motifs is 1. The van der Waals surface area contributed by atoms with Gasteiger partial charge in [0, 0.05) is 23.2 Å². The van der Waals surface area contributed by atoms with Crippen LogP contribution in [0.5, 0.6) is 5.75 Å². The van der Waals surface area contributed by atoms with E-state index in [1.165, 1.54) is 16.3 Å². The van der Waals surface area contributed by atoms with Gasteiger partial charge in [-0.15, -0.1) is 0 Å². The Morgan fingerprint density at radius 2 is 1.48 bits per heavy atom. The summed E-state index contributed by atoms with van der Waals surface area (Å²) in [6.45, 7) is 13.7. The molecule has 0 fully saturated rings. The minimum Gasteiger partial charge on any atom is -0.507 e. The molecule has 3 rings (SSSR count). The second-order valence-electron chi connectivity index (χ2n) is 9.41. The van der Waals surface area contributed by atoms with Gasteiger partial charge in [0.25, 0.3) is 0 Å². The molecule has 0 aliphatic carbocycles. The van der Waals surface area contributed by atoms with Crippen molar-refractivity contribution < 1.29 is 5.11 Å². The lowest BCUT2D eigenvalue weighted by Gasteiger charge is -2.27. The molecule has 0 aliphatic rings. The summed E-state index contributed by atoms with van der Waals surface area (Å²) >= 11 is 0. The van der Waals surface area contributed by atoms with E-state index in [0.29, 0.717) is 12.3 Å². The average Bonchev–Trinajstić information content (AvgIpc) is 2.58. The molecule has 0 atom stereocenters. The van der Waals surface area contributed by atoms with E-state index in [1.54, 1.807) is 0 Å². The van der Waals surface area contributed by atoms with Crippen LogP contribution in [-0.4, -0.2) is 5.11 Å². The lowest BCUT2D eigenvalue weighted by atomic mass is 9.79. The molecule has 0 amide bonds. The summed E-state index contributed by atoms with van der Waals surface area (Å²) in [4.78, 5) is 0. The Labute approximate surface area is 163 Å². The van der Waals surface area contributed by atoms with Gasteiger partial charge >= 0.3 is 0 Å². The molecule has 0 bridgehead atoms. The van der Waals surface area contributed by atoms with Crippen molar-refractivity contribution in [1.82, 2.24) is 0 Å². The molecule has 0 aliphatic heterocycles. The molecule has 0 aromatic heterocycles. The van der Waals surface area contributed by atoms with Crippen LogP contribution in [0, 0.1) is 0 Å². The number of hydrogen-bond donors (Lipinski definition) is 2. The van der Waals surface area contributed by atoms with Gasteiger partial charge in [-0.2, -0.15) is 0 Å². The summed E-state index contributed by atoms with van der Waals surface area (Å²) in [5.74, 6) is 0.406. The highest BCUT2D eigenvalue weighted by atomic mass is 16.3. The third-order valence-corrected chi connectivity index (χ3v) is 5.12. The van der Waals surface area contributed by atoms with Crippen molar-refractivity contribution in [3.8, 4) is 5.75 Å². The molecule has 0 spiro atoms. The minimum absolute atomic E-state index is 0.0297. The zero-order valence-electron chi connectivity index (χ0n) is 17.4. The number of nitrogens with one attached hydrogen (secondary N) is 1. The van der Waals surface area contributed by atoms with E-state index >= 15 is 0 Å². The fourth-order valence-electron chi connectivity index (χ4n) is 3.40. The first-order valence-electron chi connectivity index (χ1n) is 9.66. The Bertz CT molecular complexity index is 953. The van der Waals surface area contributed by atoms with Crippen LogP contribution >= 0.6 is 0 Å². The SMILES string of the molecule is CC(C)(C)c1cc(CNc2cccc3ccccc23)c(O)c(C(C)(C)C)c1. The summed E-state index contributed by atoms with van der Waals surface area (Å²) < 4.78 is 0. The van der Waals surface area contributed by atoms with Crippen LogP contribution in [0.25, 0.3) is 10.8 Å². The number of aromatic hydroxyl groups is 1. The van der Waals surface area contributed by atoms with E-state index in [2.05, 4.69) is 101 Å². The lowest BCUT2D eigenvalue weighted by molar-refractivity contribution is 0.439. The molecule has 0 saturated carbocycles. The van der Waals surface area contributed by atoms with E-state index in [0.717, 1.165) is 16.8 Å². The Kier molecular flexibility index (Phi) is 4.94. The molecule has 142 valence electrons. The lowest BCUT2D eigenvalue weighted by Crippen LogP contribution is -2.18. The maximum absolute atomic E-state index is 11.0. The third-order valence-electron chi connectivity index (χ3n) is 5.12. The quantitative estimate of drug-likeness (QED) is 0.540. The predicted octanol–water partition coefficient (Wildman–Crippen LogP) is 6.75. The van der Waals surface area contributed by atoms with Crippen molar-refractivity contribution in [2.45, 2.75) is 58.9 Å². The average molecular weight is 362 g/mol. The van der Waals surface area contributed by atoms with Crippen molar-refractivity contribution in [2.75, 3.05) is 5.32 Å². The summed E-state index contributed by atoms with van der Waals surface area (Å²) in [7, 11) is 0. The molecular weight excluding hydrogens is 330 g/mol.